The standard InChI is InChI=1S/C17H25NO2S/c1-17(2)10-9-15(12-17)18-21(19,20)16-8-7-13-5-3-4-6-14(13)11-16/h7-8,11,15,18H,3-6,9-10,12H2,1-2H3. The molecular formula is C17H25NO2S. The summed E-state index contributed by atoms with van der Waals surface area (Å²) in [7, 11) is -3.38. The Balaban J connectivity index is 1.79. The third kappa shape index (κ3) is 3.32. The zero-order valence-electron chi connectivity index (χ0n) is 13.0. The lowest BCUT2D eigenvalue weighted by atomic mass is 9.92. The molecule has 0 aromatic heterocycles. The molecule has 0 aliphatic heterocycles. The van der Waals surface area contributed by atoms with Gasteiger partial charge < -0.3 is 0 Å². The minimum atomic E-state index is -3.38. The molecule has 2 aliphatic rings. The maximum Gasteiger partial charge on any atom is 0.240 e. The zero-order valence-corrected chi connectivity index (χ0v) is 13.8. The molecule has 2 aliphatic carbocycles. The third-order valence-electron chi connectivity index (χ3n) is 4.92. The normalized spacial score (nSPS) is 24.8. The molecule has 1 N–H and O–H groups in total. The van der Waals surface area contributed by atoms with Crippen molar-refractivity contribution in [3.63, 3.8) is 0 Å². The second-order valence-electron chi connectivity index (χ2n) is 7.36. The summed E-state index contributed by atoms with van der Waals surface area (Å²) >= 11 is 0. The Labute approximate surface area is 128 Å². The lowest BCUT2D eigenvalue weighted by Gasteiger charge is -2.19. The highest BCUT2D eigenvalue weighted by Crippen LogP contribution is 2.37. The van der Waals surface area contributed by atoms with Gasteiger partial charge in [-0.25, -0.2) is 13.1 Å². The van der Waals surface area contributed by atoms with Crippen LogP contribution in [-0.4, -0.2) is 14.5 Å². The van der Waals surface area contributed by atoms with Gasteiger partial charge in [0.05, 0.1) is 4.90 Å². The molecule has 1 unspecified atom stereocenters. The van der Waals surface area contributed by atoms with Gasteiger partial charge in [0.1, 0.15) is 0 Å². The van der Waals surface area contributed by atoms with Crippen LogP contribution >= 0.6 is 0 Å². The molecular weight excluding hydrogens is 282 g/mol. The Morgan fingerprint density at radius 1 is 1.14 bits per heavy atom. The van der Waals surface area contributed by atoms with E-state index in [1.807, 2.05) is 12.1 Å². The Bertz CT molecular complexity index is 634. The first-order valence-corrected chi connectivity index (χ1v) is 9.48. The average molecular weight is 307 g/mol. The van der Waals surface area contributed by atoms with Crippen LogP contribution in [0.1, 0.15) is 57.1 Å². The van der Waals surface area contributed by atoms with Crippen LogP contribution in [0.25, 0.3) is 0 Å². The molecule has 1 atom stereocenters. The van der Waals surface area contributed by atoms with Gasteiger partial charge in [-0.3, -0.25) is 0 Å². The van der Waals surface area contributed by atoms with Gasteiger partial charge in [-0.1, -0.05) is 19.9 Å². The molecule has 1 aromatic carbocycles. The monoisotopic (exact) mass is 307 g/mol. The maximum atomic E-state index is 12.6. The lowest BCUT2D eigenvalue weighted by molar-refractivity contribution is 0.372. The minimum absolute atomic E-state index is 0.0843. The molecule has 4 heteroatoms. The number of rotatable bonds is 3. The topological polar surface area (TPSA) is 46.2 Å². The average Bonchev–Trinajstić information content (AvgIpc) is 2.76. The van der Waals surface area contributed by atoms with Gasteiger partial charge in [-0.15, -0.1) is 0 Å². The SMILES string of the molecule is CC1(C)CCC(NS(=O)(=O)c2ccc3c(c2)CCCC3)C1. The van der Waals surface area contributed by atoms with Crippen LogP contribution in [0.15, 0.2) is 23.1 Å². The summed E-state index contributed by atoms with van der Waals surface area (Å²) in [6.45, 7) is 4.42. The van der Waals surface area contributed by atoms with Crippen molar-refractivity contribution in [2.24, 2.45) is 5.41 Å². The number of nitrogens with one attached hydrogen (secondary N) is 1. The maximum absolute atomic E-state index is 12.6. The van der Waals surface area contributed by atoms with E-state index in [0.29, 0.717) is 4.90 Å². The van der Waals surface area contributed by atoms with E-state index in [2.05, 4.69) is 18.6 Å². The molecule has 3 nitrogen and oxygen atoms in total. The van der Waals surface area contributed by atoms with Crippen LogP contribution in [0.2, 0.25) is 0 Å². The fourth-order valence-corrected chi connectivity index (χ4v) is 5.02. The van der Waals surface area contributed by atoms with E-state index >= 15 is 0 Å². The Morgan fingerprint density at radius 3 is 2.52 bits per heavy atom. The van der Waals surface area contributed by atoms with Crippen molar-refractivity contribution in [2.45, 2.75) is 69.7 Å². The Morgan fingerprint density at radius 2 is 1.86 bits per heavy atom. The number of hydrogen-bond acceptors (Lipinski definition) is 2. The van der Waals surface area contributed by atoms with Crippen molar-refractivity contribution in [1.29, 1.82) is 0 Å². The minimum Gasteiger partial charge on any atom is -0.208 e. The molecule has 1 saturated carbocycles. The van der Waals surface area contributed by atoms with Gasteiger partial charge in [0.15, 0.2) is 0 Å². The van der Waals surface area contributed by atoms with E-state index < -0.39 is 10.0 Å². The van der Waals surface area contributed by atoms with Gasteiger partial charge in [-0.05, 0) is 73.6 Å². The van der Waals surface area contributed by atoms with Gasteiger partial charge in [0, 0.05) is 6.04 Å². The summed E-state index contributed by atoms with van der Waals surface area (Å²) in [4.78, 5) is 0.438. The van der Waals surface area contributed by atoms with Crippen LogP contribution < -0.4 is 4.72 Å². The predicted molar refractivity (Wildman–Crippen MR) is 84.8 cm³/mol. The second-order valence-corrected chi connectivity index (χ2v) is 9.08. The van der Waals surface area contributed by atoms with Crippen molar-refractivity contribution in [1.82, 2.24) is 4.72 Å². The molecule has 0 radical (unpaired) electrons. The van der Waals surface area contributed by atoms with E-state index in [1.54, 1.807) is 6.07 Å². The van der Waals surface area contributed by atoms with Crippen LogP contribution in [-0.2, 0) is 22.9 Å². The van der Waals surface area contributed by atoms with Crippen molar-refractivity contribution in [2.75, 3.05) is 0 Å². The fraction of sp³-hybridized carbons (Fsp3) is 0.647. The lowest BCUT2D eigenvalue weighted by Crippen LogP contribution is -2.33. The summed E-state index contributed by atoms with van der Waals surface area (Å²) < 4.78 is 28.1. The van der Waals surface area contributed by atoms with Crippen molar-refractivity contribution in [3.8, 4) is 0 Å². The largest absolute Gasteiger partial charge is 0.240 e. The highest BCUT2D eigenvalue weighted by Gasteiger charge is 2.33. The first kappa shape index (κ1) is 15.0. The summed E-state index contributed by atoms with van der Waals surface area (Å²) in [6.07, 6.45) is 7.43. The molecule has 0 spiro atoms. The third-order valence-corrected chi connectivity index (χ3v) is 6.44. The first-order valence-electron chi connectivity index (χ1n) is 8.00. The van der Waals surface area contributed by atoms with E-state index in [1.165, 1.54) is 24.0 Å². The fourth-order valence-electron chi connectivity index (χ4n) is 3.70. The van der Waals surface area contributed by atoms with Gasteiger partial charge in [-0.2, -0.15) is 0 Å². The highest BCUT2D eigenvalue weighted by atomic mass is 32.2. The van der Waals surface area contributed by atoms with Crippen molar-refractivity contribution in [3.05, 3.63) is 29.3 Å². The van der Waals surface area contributed by atoms with Crippen LogP contribution in [0.4, 0.5) is 0 Å². The predicted octanol–water partition coefficient (Wildman–Crippen LogP) is 3.42. The molecule has 1 fully saturated rings. The second kappa shape index (κ2) is 5.40. The Kier molecular flexibility index (Phi) is 3.87. The van der Waals surface area contributed by atoms with E-state index in [-0.39, 0.29) is 11.5 Å². The number of sulfonamides is 1. The van der Waals surface area contributed by atoms with Gasteiger partial charge in [0.2, 0.25) is 10.0 Å². The summed E-state index contributed by atoms with van der Waals surface area (Å²) in [5.41, 5.74) is 2.79. The summed E-state index contributed by atoms with van der Waals surface area (Å²) in [5, 5.41) is 0. The summed E-state index contributed by atoms with van der Waals surface area (Å²) in [6, 6.07) is 5.74. The van der Waals surface area contributed by atoms with Crippen LogP contribution in [0.5, 0.6) is 0 Å². The Hall–Kier alpha value is -0.870. The van der Waals surface area contributed by atoms with Gasteiger partial charge in [0.25, 0.3) is 0 Å². The number of benzene rings is 1. The van der Waals surface area contributed by atoms with Crippen LogP contribution in [0, 0.1) is 5.41 Å². The van der Waals surface area contributed by atoms with E-state index in [9.17, 15) is 8.42 Å². The molecule has 0 saturated heterocycles. The van der Waals surface area contributed by atoms with E-state index in [0.717, 1.165) is 32.1 Å². The number of hydrogen-bond donors (Lipinski definition) is 1. The molecule has 116 valence electrons. The number of aryl methyl sites for hydroxylation is 2. The molecule has 0 amide bonds. The van der Waals surface area contributed by atoms with Gasteiger partial charge >= 0.3 is 0 Å². The molecule has 0 bridgehead atoms. The smallest absolute Gasteiger partial charge is 0.208 e. The first-order chi connectivity index (χ1) is 9.86. The van der Waals surface area contributed by atoms with E-state index in [4.69, 9.17) is 0 Å². The number of fused-ring (bicyclic) bond motifs is 1. The molecule has 3 rings (SSSR count). The summed E-state index contributed by atoms with van der Waals surface area (Å²) in [5.74, 6) is 0. The molecule has 0 heterocycles. The zero-order chi connectivity index (χ0) is 15.1. The van der Waals surface area contributed by atoms with Crippen molar-refractivity contribution >= 4 is 10.0 Å². The van der Waals surface area contributed by atoms with Crippen molar-refractivity contribution < 1.29 is 8.42 Å². The van der Waals surface area contributed by atoms with Crippen LogP contribution in [0.3, 0.4) is 0 Å². The molecule has 21 heavy (non-hydrogen) atoms. The highest BCUT2D eigenvalue weighted by molar-refractivity contribution is 7.89. The quantitative estimate of drug-likeness (QED) is 0.930. The molecule has 1 aromatic rings.